The van der Waals surface area contributed by atoms with Gasteiger partial charge in [-0.15, -0.1) is 0 Å². The van der Waals surface area contributed by atoms with E-state index in [1.807, 2.05) is 61.5 Å². The number of carbonyl (C=O) groups excluding carboxylic acids is 2. The molecule has 0 saturated heterocycles. The van der Waals surface area contributed by atoms with Crippen molar-refractivity contribution in [3.05, 3.63) is 101 Å². The van der Waals surface area contributed by atoms with Crippen LogP contribution in [0, 0.1) is 0 Å². The number of carbonyl (C=O) groups is 2. The summed E-state index contributed by atoms with van der Waals surface area (Å²) in [5, 5.41) is 2.88. The Hall–Kier alpha value is -3.01. The number of hydrogen-bond donors (Lipinski definition) is 1. The van der Waals surface area contributed by atoms with Crippen LogP contribution in [0.15, 0.2) is 94.3 Å². The molecule has 0 fully saturated rings. The molecule has 202 valence electrons. The molecule has 38 heavy (non-hydrogen) atoms. The van der Waals surface area contributed by atoms with Gasteiger partial charge in [0.25, 0.3) is 0 Å². The van der Waals surface area contributed by atoms with Crippen LogP contribution in [-0.4, -0.2) is 55.6 Å². The van der Waals surface area contributed by atoms with Gasteiger partial charge in [-0.1, -0.05) is 76.6 Å². The molecular weight excluding hydrogens is 566 g/mol. The molecule has 0 radical (unpaired) electrons. The first-order chi connectivity index (χ1) is 18.2. The van der Waals surface area contributed by atoms with Crippen LogP contribution in [0.3, 0.4) is 0 Å². The first-order valence-electron chi connectivity index (χ1n) is 12.6. The summed E-state index contributed by atoms with van der Waals surface area (Å²) in [6.45, 7) is 2.74. The number of amides is 2. The zero-order chi connectivity index (χ0) is 27.5. The molecule has 3 aromatic rings. The Kier molecular flexibility index (Phi) is 11.1. The lowest BCUT2D eigenvalue weighted by Crippen LogP contribution is -2.50. The topological polar surface area (TPSA) is 86.8 Å². The summed E-state index contributed by atoms with van der Waals surface area (Å²) < 4.78 is 27.9. The molecule has 0 saturated carbocycles. The van der Waals surface area contributed by atoms with E-state index in [1.165, 1.54) is 11.4 Å². The summed E-state index contributed by atoms with van der Waals surface area (Å²) in [6, 6.07) is 24.8. The fourth-order valence-corrected chi connectivity index (χ4v) is 5.62. The molecule has 0 spiro atoms. The minimum absolute atomic E-state index is 0.107. The van der Waals surface area contributed by atoms with E-state index in [0.717, 1.165) is 15.6 Å². The van der Waals surface area contributed by atoms with Crippen LogP contribution in [0.1, 0.15) is 30.9 Å². The molecule has 0 heterocycles. The Morgan fingerprint density at radius 1 is 0.895 bits per heavy atom. The van der Waals surface area contributed by atoms with Crippen LogP contribution in [0.4, 0.5) is 0 Å². The number of benzene rings is 3. The molecule has 1 atom stereocenters. The van der Waals surface area contributed by atoms with E-state index in [2.05, 4.69) is 21.2 Å². The van der Waals surface area contributed by atoms with Gasteiger partial charge >= 0.3 is 0 Å². The van der Waals surface area contributed by atoms with Crippen molar-refractivity contribution in [1.82, 2.24) is 14.5 Å². The highest BCUT2D eigenvalue weighted by molar-refractivity contribution is 9.10. The maximum Gasteiger partial charge on any atom is 0.243 e. The van der Waals surface area contributed by atoms with E-state index in [1.54, 1.807) is 35.2 Å². The van der Waals surface area contributed by atoms with Gasteiger partial charge in [0, 0.05) is 44.0 Å². The molecular formula is C29H34BrN3O4S. The van der Waals surface area contributed by atoms with Gasteiger partial charge in [-0.05, 0) is 48.7 Å². The Labute approximate surface area is 234 Å². The average Bonchev–Trinajstić information content (AvgIpc) is 2.92. The third-order valence-electron chi connectivity index (χ3n) is 6.20. The summed E-state index contributed by atoms with van der Waals surface area (Å²) in [5.74, 6) is -0.420. The highest BCUT2D eigenvalue weighted by Crippen LogP contribution is 2.19. The van der Waals surface area contributed by atoms with Crippen LogP contribution in [0.25, 0.3) is 0 Å². The summed E-state index contributed by atoms with van der Waals surface area (Å²) in [5.41, 5.74) is 1.85. The molecule has 0 unspecified atom stereocenters. The van der Waals surface area contributed by atoms with Crippen molar-refractivity contribution in [2.75, 3.05) is 20.1 Å². The lowest BCUT2D eigenvalue weighted by Gasteiger charge is -2.31. The molecule has 2 amide bonds. The molecule has 0 aromatic heterocycles. The first kappa shape index (κ1) is 29.5. The smallest absolute Gasteiger partial charge is 0.243 e. The molecule has 7 nitrogen and oxygen atoms in total. The fourth-order valence-electron chi connectivity index (χ4n) is 4.12. The minimum atomic E-state index is -3.65. The number of nitrogens with one attached hydrogen (secondary N) is 1. The maximum atomic E-state index is 13.6. The maximum absolute atomic E-state index is 13.6. The molecule has 0 bridgehead atoms. The van der Waals surface area contributed by atoms with Gasteiger partial charge in [0.05, 0.1) is 4.90 Å². The Morgan fingerprint density at radius 3 is 2.11 bits per heavy atom. The fraction of sp³-hybridized carbons (Fsp3) is 0.310. The lowest BCUT2D eigenvalue weighted by atomic mass is 10.0. The van der Waals surface area contributed by atoms with Gasteiger partial charge in [0.1, 0.15) is 6.04 Å². The van der Waals surface area contributed by atoms with Crippen molar-refractivity contribution in [2.24, 2.45) is 0 Å². The highest BCUT2D eigenvalue weighted by Gasteiger charge is 2.30. The molecule has 9 heteroatoms. The third kappa shape index (κ3) is 8.24. The van der Waals surface area contributed by atoms with E-state index in [0.29, 0.717) is 19.4 Å². The zero-order valence-electron chi connectivity index (χ0n) is 21.7. The molecule has 3 aromatic carbocycles. The quantitative estimate of drug-likeness (QED) is 0.310. The molecule has 3 rings (SSSR count). The zero-order valence-corrected chi connectivity index (χ0v) is 24.1. The van der Waals surface area contributed by atoms with Crippen molar-refractivity contribution < 1.29 is 18.0 Å². The molecule has 0 aliphatic heterocycles. The number of rotatable bonds is 13. The van der Waals surface area contributed by atoms with Crippen molar-refractivity contribution in [1.29, 1.82) is 0 Å². The summed E-state index contributed by atoms with van der Waals surface area (Å²) in [6.07, 6.45) is 0.804. The number of likely N-dealkylation sites (N-methyl/N-ethyl adjacent to an activating group) is 1. The van der Waals surface area contributed by atoms with Gasteiger partial charge in [-0.2, -0.15) is 0 Å². The van der Waals surface area contributed by atoms with Gasteiger partial charge in [-0.3, -0.25) is 9.59 Å². The van der Waals surface area contributed by atoms with E-state index < -0.39 is 16.1 Å². The summed E-state index contributed by atoms with van der Waals surface area (Å²) >= 11 is 3.44. The van der Waals surface area contributed by atoms with Crippen LogP contribution in [0.2, 0.25) is 0 Å². The van der Waals surface area contributed by atoms with Crippen LogP contribution in [-0.2, 0) is 32.6 Å². The van der Waals surface area contributed by atoms with Gasteiger partial charge in [0.15, 0.2) is 0 Å². The molecule has 0 aliphatic carbocycles. The Bertz CT molecular complexity index is 1290. The Morgan fingerprint density at radius 2 is 1.50 bits per heavy atom. The highest BCUT2D eigenvalue weighted by atomic mass is 79.9. The number of sulfonamides is 1. The Balaban J connectivity index is 1.79. The predicted molar refractivity (Wildman–Crippen MR) is 153 cm³/mol. The van der Waals surface area contributed by atoms with E-state index in [-0.39, 0.29) is 36.2 Å². The van der Waals surface area contributed by atoms with Crippen LogP contribution in [0.5, 0.6) is 0 Å². The van der Waals surface area contributed by atoms with E-state index in [9.17, 15) is 18.0 Å². The largest absolute Gasteiger partial charge is 0.355 e. The number of hydrogen-bond acceptors (Lipinski definition) is 4. The monoisotopic (exact) mass is 599 g/mol. The molecule has 0 aliphatic rings. The minimum Gasteiger partial charge on any atom is -0.355 e. The number of nitrogens with zero attached hydrogens (tertiary/aromatic N) is 2. The van der Waals surface area contributed by atoms with Crippen molar-refractivity contribution in [3.8, 4) is 0 Å². The molecule has 1 N–H and O–H groups in total. The second-order valence-corrected chi connectivity index (χ2v) is 12.0. The van der Waals surface area contributed by atoms with E-state index >= 15 is 0 Å². The van der Waals surface area contributed by atoms with Crippen molar-refractivity contribution in [2.45, 2.75) is 43.7 Å². The van der Waals surface area contributed by atoms with Crippen molar-refractivity contribution in [3.63, 3.8) is 0 Å². The average molecular weight is 601 g/mol. The van der Waals surface area contributed by atoms with Crippen molar-refractivity contribution >= 4 is 37.8 Å². The van der Waals surface area contributed by atoms with Gasteiger partial charge in [-0.25, -0.2) is 12.7 Å². The van der Waals surface area contributed by atoms with Crippen LogP contribution < -0.4 is 5.32 Å². The lowest BCUT2D eigenvalue weighted by molar-refractivity contribution is -0.141. The van der Waals surface area contributed by atoms with Gasteiger partial charge in [0.2, 0.25) is 21.8 Å². The summed E-state index contributed by atoms with van der Waals surface area (Å²) in [4.78, 5) is 28.7. The predicted octanol–water partition coefficient (Wildman–Crippen LogP) is 4.63. The summed E-state index contributed by atoms with van der Waals surface area (Å²) in [7, 11) is -2.13. The third-order valence-corrected chi connectivity index (χ3v) is 8.60. The van der Waals surface area contributed by atoms with Gasteiger partial charge < -0.3 is 10.2 Å². The van der Waals surface area contributed by atoms with E-state index in [4.69, 9.17) is 0 Å². The standard InChI is InChI=1S/C29H34BrN3O4S/c1-3-31-29(35)27(21-23-11-6-4-7-12-23)33(22-24-16-18-25(30)19-17-24)28(34)15-10-20-32(2)38(36,37)26-13-8-5-9-14-26/h4-9,11-14,16-19,27H,3,10,15,20-22H2,1-2H3,(H,31,35)/t27-/m1/s1. The number of halogens is 1. The second kappa shape index (κ2) is 14.2. The SMILES string of the molecule is CCNC(=O)[C@@H](Cc1ccccc1)N(Cc1ccc(Br)cc1)C(=O)CCCN(C)S(=O)(=O)c1ccccc1. The van der Waals surface area contributed by atoms with Crippen LogP contribution >= 0.6 is 15.9 Å². The first-order valence-corrected chi connectivity index (χ1v) is 14.8. The normalized spacial score (nSPS) is 12.2. The second-order valence-electron chi connectivity index (χ2n) is 8.99.